The molecule has 0 aliphatic heterocycles. The lowest BCUT2D eigenvalue weighted by Crippen LogP contribution is -2.12. The van der Waals surface area contributed by atoms with Crippen molar-refractivity contribution >= 4 is 38.0 Å². The van der Waals surface area contributed by atoms with Crippen molar-refractivity contribution in [2.24, 2.45) is 10.2 Å². The van der Waals surface area contributed by atoms with Crippen LogP contribution in [0.3, 0.4) is 0 Å². The topological polar surface area (TPSA) is 118 Å². The van der Waals surface area contributed by atoms with Crippen molar-refractivity contribution in [1.29, 1.82) is 0 Å². The highest BCUT2D eigenvalue weighted by Gasteiger charge is 2.07. The molecule has 0 spiro atoms. The summed E-state index contributed by atoms with van der Waals surface area (Å²) in [6.45, 7) is 0. The van der Waals surface area contributed by atoms with E-state index in [4.69, 9.17) is 5.14 Å². The molecule has 2 rings (SSSR count). The number of nitrogens with two attached hydrogens (primary N) is 1. The molecule has 0 fully saturated rings. The molecule has 0 unspecified atom stereocenters. The van der Waals surface area contributed by atoms with Gasteiger partial charge in [-0.2, -0.15) is 5.10 Å². The second-order valence-electron chi connectivity index (χ2n) is 4.01. The van der Waals surface area contributed by atoms with Crippen LogP contribution in [0, 0.1) is 0 Å². The Balaban J connectivity index is 2.05. The standard InChI is InChI=1S/C12H11BrN4O3S/c13-10-5-8(1-3-11(10)18)6-16-17-12-4-2-9(7-15-12)21(14,19)20/h1-7,18H,(H,15,17)(H2,14,19,20)/b16-6+. The monoisotopic (exact) mass is 370 g/mol. The van der Waals surface area contributed by atoms with Crippen molar-refractivity contribution in [1.82, 2.24) is 4.98 Å². The highest BCUT2D eigenvalue weighted by molar-refractivity contribution is 9.10. The molecule has 0 saturated carbocycles. The number of rotatable bonds is 4. The minimum absolute atomic E-state index is 0.0699. The van der Waals surface area contributed by atoms with Crippen molar-refractivity contribution in [3.63, 3.8) is 0 Å². The van der Waals surface area contributed by atoms with Crippen LogP contribution in [-0.2, 0) is 10.0 Å². The zero-order valence-electron chi connectivity index (χ0n) is 10.6. The van der Waals surface area contributed by atoms with Crippen LogP contribution in [-0.4, -0.2) is 24.7 Å². The highest BCUT2D eigenvalue weighted by atomic mass is 79.9. The second-order valence-corrected chi connectivity index (χ2v) is 6.42. The quantitative estimate of drug-likeness (QED) is 0.558. The van der Waals surface area contributed by atoms with E-state index in [1.54, 1.807) is 12.1 Å². The van der Waals surface area contributed by atoms with Crippen molar-refractivity contribution in [3.8, 4) is 5.75 Å². The van der Waals surface area contributed by atoms with Gasteiger partial charge in [0.05, 0.1) is 10.7 Å². The molecule has 4 N–H and O–H groups in total. The van der Waals surface area contributed by atoms with Crippen molar-refractivity contribution in [2.75, 3.05) is 5.43 Å². The fourth-order valence-corrected chi connectivity index (χ4v) is 2.24. The molecule has 0 radical (unpaired) electrons. The van der Waals surface area contributed by atoms with E-state index >= 15 is 0 Å². The maximum absolute atomic E-state index is 11.1. The minimum atomic E-state index is -3.75. The normalized spacial score (nSPS) is 11.7. The molecule has 0 saturated heterocycles. The predicted molar refractivity (Wildman–Crippen MR) is 82.6 cm³/mol. The highest BCUT2D eigenvalue weighted by Crippen LogP contribution is 2.23. The zero-order chi connectivity index (χ0) is 15.5. The number of aromatic nitrogens is 1. The van der Waals surface area contributed by atoms with Gasteiger partial charge in [0.1, 0.15) is 16.5 Å². The molecule has 9 heteroatoms. The Labute approximate surface area is 129 Å². The maximum atomic E-state index is 11.1. The molecule has 1 heterocycles. The van der Waals surface area contributed by atoms with Gasteiger partial charge >= 0.3 is 0 Å². The van der Waals surface area contributed by atoms with Crippen LogP contribution in [0.4, 0.5) is 5.82 Å². The molecule has 0 aliphatic carbocycles. The van der Waals surface area contributed by atoms with E-state index in [2.05, 4.69) is 31.4 Å². The number of pyridine rings is 1. The first-order chi connectivity index (χ1) is 9.86. The maximum Gasteiger partial charge on any atom is 0.239 e. The van der Waals surface area contributed by atoms with E-state index in [-0.39, 0.29) is 10.6 Å². The second kappa shape index (κ2) is 6.20. The third-order valence-electron chi connectivity index (χ3n) is 2.43. The van der Waals surface area contributed by atoms with E-state index in [1.807, 2.05) is 0 Å². The van der Waals surface area contributed by atoms with Crippen molar-refractivity contribution in [3.05, 3.63) is 46.6 Å². The predicted octanol–water partition coefficient (Wildman–Crippen LogP) is 1.64. The third kappa shape index (κ3) is 4.25. The summed E-state index contributed by atoms with van der Waals surface area (Å²) < 4.78 is 22.7. The largest absolute Gasteiger partial charge is 0.507 e. The third-order valence-corrected chi connectivity index (χ3v) is 3.96. The Kier molecular flexibility index (Phi) is 4.56. The first-order valence-electron chi connectivity index (χ1n) is 5.63. The number of phenols is 1. The first-order valence-corrected chi connectivity index (χ1v) is 7.96. The fraction of sp³-hybridized carbons (Fsp3) is 0. The average molecular weight is 371 g/mol. The number of halogens is 1. The van der Waals surface area contributed by atoms with Gasteiger partial charge in [-0.1, -0.05) is 0 Å². The number of hydrogen-bond donors (Lipinski definition) is 3. The molecule has 1 aromatic carbocycles. The number of aromatic hydroxyl groups is 1. The zero-order valence-corrected chi connectivity index (χ0v) is 13.0. The summed E-state index contributed by atoms with van der Waals surface area (Å²) in [5.41, 5.74) is 3.41. The van der Waals surface area contributed by atoms with E-state index in [0.29, 0.717) is 10.3 Å². The molecule has 0 aliphatic rings. The van der Waals surface area contributed by atoms with Gasteiger partial charge in [0, 0.05) is 6.20 Å². The van der Waals surface area contributed by atoms with E-state index in [9.17, 15) is 13.5 Å². The van der Waals surface area contributed by atoms with Gasteiger partial charge < -0.3 is 5.11 Å². The van der Waals surface area contributed by atoms with Gasteiger partial charge in [-0.15, -0.1) is 0 Å². The Hall–Kier alpha value is -1.97. The molecule has 2 aromatic rings. The molecule has 21 heavy (non-hydrogen) atoms. The van der Waals surface area contributed by atoms with Gasteiger partial charge in [-0.25, -0.2) is 18.5 Å². The van der Waals surface area contributed by atoms with Gasteiger partial charge in [0.2, 0.25) is 10.0 Å². The molecule has 0 atom stereocenters. The lowest BCUT2D eigenvalue weighted by Gasteiger charge is -2.01. The molecule has 0 bridgehead atoms. The summed E-state index contributed by atoms with van der Waals surface area (Å²) >= 11 is 3.20. The van der Waals surface area contributed by atoms with E-state index in [1.165, 1.54) is 24.4 Å². The van der Waals surface area contributed by atoms with Crippen LogP contribution in [0.2, 0.25) is 0 Å². The van der Waals surface area contributed by atoms with Crippen LogP contribution >= 0.6 is 15.9 Å². The van der Waals surface area contributed by atoms with Crippen LogP contribution < -0.4 is 10.6 Å². The number of anilines is 1. The summed E-state index contributed by atoms with van der Waals surface area (Å²) in [6, 6.07) is 7.69. The van der Waals surface area contributed by atoms with Crippen molar-refractivity contribution < 1.29 is 13.5 Å². The van der Waals surface area contributed by atoms with Gasteiger partial charge in [-0.05, 0) is 51.8 Å². The number of phenolic OH excluding ortho intramolecular Hbond substituents is 1. The first kappa shape index (κ1) is 15.4. The lowest BCUT2D eigenvalue weighted by atomic mass is 10.2. The number of benzene rings is 1. The number of sulfonamides is 1. The number of primary sulfonamides is 1. The van der Waals surface area contributed by atoms with Crippen LogP contribution in [0.25, 0.3) is 0 Å². The summed E-state index contributed by atoms with van der Waals surface area (Å²) in [5.74, 6) is 0.511. The Morgan fingerprint density at radius 3 is 2.67 bits per heavy atom. The Morgan fingerprint density at radius 1 is 1.33 bits per heavy atom. The Morgan fingerprint density at radius 2 is 2.10 bits per heavy atom. The SMILES string of the molecule is NS(=O)(=O)c1ccc(N/N=C/c2ccc(O)c(Br)c2)nc1. The fourth-order valence-electron chi connectivity index (χ4n) is 1.39. The summed E-state index contributed by atoms with van der Waals surface area (Å²) in [7, 11) is -3.75. The molecule has 0 amide bonds. The summed E-state index contributed by atoms with van der Waals surface area (Å²) in [5, 5.41) is 18.3. The number of hydrogen-bond acceptors (Lipinski definition) is 6. The van der Waals surface area contributed by atoms with Crippen LogP contribution in [0.5, 0.6) is 5.75 Å². The van der Waals surface area contributed by atoms with E-state index < -0.39 is 10.0 Å². The molecule has 1 aromatic heterocycles. The smallest absolute Gasteiger partial charge is 0.239 e. The van der Waals surface area contributed by atoms with Crippen LogP contribution in [0.1, 0.15) is 5.56 Å². The van der Waals surface area contributed by atoms with Gasteiger partial charge in [0.15, 0.2) is 0 Å². The van der Waals surface area contributed by atoms with Gasteiger partial charge in [0.25, 0.3) is 0 Å². The summed E-state index contributed by atoms with van der Waals surface area (Å²) in [6.07, 6.45) is 2.67. The minimum Gasteiger partial charge on any atom is -0.507 e. The average Bonchev–Trinajstić information content (AvgIpc) is 2.42. The lowest BCUT2D eigenvalue weighted by molar-refractivity contribution is 0.472. The number of nitrogens with one attached hydrogen (secondary N) is 1. The molecule has 7 nitrogen and oxygen atoms in total. The van der Waals surface area contributed by atoms with Crippen molar-refractivity contribution in [2.45, 2.75) is 4.90 Å². The van der Waals surface area contributed by atoms with E-state index in [0.717, 1.165) is 11.8 Å². The van der Waals surface area contributed by atoms with Crippen LogP contribution in [0.15, 0.2) is 51.0 Å². The molecular weight excluding hydrogens is 360 g/mol. The number of hydrazone groups is 1. The number of nitrogens with zero attached hydrogens (tertiary/aromatic N) is 2. The summed E-state index contributed by atoms with van der Waals surface area (Å²) in [4.78, 5) is 3.80. The Bertz CT molecular complexity index is 776. The molecule has 110 valence electrons. The van der Waals surface area contributed by atoms with Gasteiger partial charge in [-0.3, -0.25) is 5.43 Å². The molecular formula is C12H11BrN4O3S.